The minimum absolute atomic E-state index is 0.0358. The summed E-state index contributed by atoms with van der Waals surface area (Å²) in [5, 5.41) is 16.0. The van der Waals surface area contributed by atoms with Crippen molar-refractivity contribution in [2.75, 3.05) is 18.8 Å². The molecule has 1 aromatic carbocycles. The molecule has 0 unspecified atom stereocenters. The smallest absolute Gasteiger partial charge is 0.166 e. The Hall–Kier alpha value is -3.41. The van der Waals surface area contributed by atoms with E-state index in [4.69, 9.17) is 11.9 Å². The number of rotatable bonds is 5. The molecule has 0 amide bonds. The van der Waals surface area contributed by atoms with Crippen molar-refractivity contribution < 1.29 is 15.6 Å². The van der Waals surface area contributed by atoms with Crippen LogP contribution < -0.4 is 15.8 Å². The Morgan fingerprint density at radius 3 is 2.88 bits per heavy atom. The van der Waals surface area contributed by atoms with Crippen LogP contribution in [0.25, 0.3) is 11.1 Å². The Labute approximate surface area is 193 Å². The lowest BCUT2D eigenvalue weighted by Gasteiger charge is -2.22. The van der Waals surface area contributed by atoms with Crippen molar-refractivity contribution in [3.05, 3.63) is 59.8 Å². The van der Waals surface area contributed by atoms with Crippen LogP contribution in [0.1, 0.15) is 42.9 Å². The fourth-order valence-electron chi connectivity index (χ4n) is 3.77. The largest absolute Gasteiger partial charge is 0.485 e. The number of nitrogen functional groups attached to an aromatic ring is 1. The van der Waals surface area contributed by atoms with Crippen LogP contribution in [0.3, 0.4) is 0 Å². The Morgan fingerprint density at radius 1 is 1.27 bits per heavy atom. The first-order chi connectivity index (χ1) is 16.4. The molecule has 1 saturated heterocycles. The Morgan fingerprint density at radius 2 is 2.09 bits per heavy atom. The van der Waals surface area contributed by atoms with E-state index >= 15 is 0 Å². The van der Waals surface area contributed by atoms with Crippen LogP contribution in [-0.4, -0.2) is 38.6 Å². The molecular formula is C25H26FN5O2. The number of ether oxygens (including phenoxy) is 1. The molecule has 7 nitrogen and oxygen atoms in total. The molecule has 2 aromatic heterocycles. The maximum Gasteiger partial charge on any atom is 0.166 e. The van der Waals surface area contributed by atoms with Gasteiger partial charge in [0, 0.05) is 34.6 Å². The number of nitrogens with two attached hydrogens (primary N) is 1. The first-order valence-corrected chi connectivity index (χ1v) is 11.1. The predicted octanol–water partition coefficient (Wildman–Crippen LogP) is 3.05. The van der Waals surface area contributed by atoms with Gasteiger partial charge in [-0.1, -0.05) is 11.8 Å². The average Bonchev–Trinajstić information content (AvgIpc) is 3.37. The Kier molecular flexibility index (Phi) is 5.42. The number of hydrogen-bond acceptors (Lipinski definition) is 6. The number of aliphatic hydroxyl groups is 1. The average molecular weight is 449 g/mol. The number of anilines is 1. The zero-order chi connectivity index (χ0) is 23.7. The number of hydrogen-bond donors (Lipinski definition) is 3. The third-order valence-electron chi connectivity index (χ3n) is 6.02. The van der Waals surface area contributed by atoms with Crippen LogP contribution in [0.15, 0.2) is 42.9 Å². The van der Waals surface area contributed by atoms with E-state index in [9.17, 15) is 9.50 Å². The quantitative estimate of drug-likeness (QED) is 0.519. The molecule has 1 aliphatic heterocycles. The summed E-state index contributed by atoms with van der Waals surface area (Å²) >= 11 is 0. The number of halogens is 1. The maximum absolute atomic E-state index is 14.4. The van der Waals surface area contributed by atoms with Gasteiger partial charge in [-0.2, -0.15) is 5.10 Å². The van der Waals surface area contributed by atoms with Crippen LogP contribution in [0, 0.1) is 17.7 Å². The lowest BCUT2D eigenvalue weighted by molar-refractivity contribution is 0.212. The van der Waals surface area contributed by atoms with Crippen LogP contribution in [0.4, 0.5) is 10.2 Å². The Bertz CT molecular complexity index is 1260. The van der Waals surface area contributed by atoms with Gasteiger partial charge in [-0.25, -0.2) is 9.37 Å². The monoisotopic (exact) mass is 448 g/mol. The van der Waals surface area contributed by atoms with Gasteiger partial charge in [-0.3, -0.25) is 4.68 Å². The van der Waals surface area contributed by atoms with Gasteiger partial charge in [0.1, 0.15) is 19.4 Å². The molecular weight excluding hydrogens is 421 g/mol. The highest BCUT2D eigenvalue weighted by atomic mass is 19.1. The highest BCUT2D eigenvalue weighted by Gasteiger charge is 2.38. The van der Waals surface area contributed by atoms with E-state index in [1.165, 1.54) is 6.07 Å². The van der Waals surface area contributed by atoms with E-state index < -0.39 is 11.4 Å². The summed E-state index contributed by atoms with van der Waals surface area (Å²) in [5.41, 5.74) is 7.76. The molecule has 1 aliphatic carbocycles. The molecule has 0 atom stereocenters. The lowest BCUT2D eigenvalue weighted by atomic mass is 10.1. The van der Waals surface area contributed by atoms with Gasteiger partial charge in [0.2, 0.25) is 0 Å². The molecule has 1 saturated carbocycles. The van der Waals surface area contributed by atoms with Crippen LogP contribution >= 0.6 is 0 Å². The second kappa shape index (κ2) is 8.85. The normalized spacial score (nSPS) is 18.3. The van der Waals surface area contributed by atoms with Crippen molar-refractivity contribution in [2.24, 2.45) is 0 Å². The van der Waals surface area contributed by atoms with E-state index in [1.807, 2.05) is 10.9 Å². The molecule has 4 N–H and O–H groups in total. The van der Waals surface area contributed by atoms with Crippen molar-refractivity contribution in [2.45, 2.75) is 43.9 Å². The van der Waals surface area contributed by atoms with Gasteiger partial charge in [0.05, 0.1) is 12.2 Å². The SMILES string of the molecule is [2H]N1CCC(n2cc(-c3cnc(N)c(OCc4cc(C#CC5(O)CC5)ccc4F)c3)cn2)CC1. The van der Waals surface area contributed by atoms with Gasteiger partial charge >= 0.3 is 0 Å². The van der Waals surface area contributed by atoms with Gasteiger partial charge in [0.25, 0.3) is 0 Å². The second-order valence-corrected chi connectivity index (χ2v) is 8.59. The first kappa shape index (κ1) is 20.2. The highest BCUT2D eigenvalue weighted by molar-refractivity contribution is 5.65. The van der Waals surface area contributed by atoms with Crippen molar-refractivity contribution >= 4 is 5.82 Å². The van der Waals surface area contributed by atoms with Crippen LogP contribution in [0.5, 0.6) is 5.75 Å². The molecule has 0 bridgehead atoms. The topological polar surface area (TPSA) is 98.2 Å². The zero-order valence-corrected chi connectivity index (χ0v) is 18.2. The summed E-state index contributed by atoms with van der Waals surface area (Å²) in [6, 6.07) is 6.59. The fraction of sp³-hybridized carbons (Fsp3) is 0.360. The minimum atomic E-state index is -0.891. The number of benzene rings is 1. The summed E-state index contributed by atoms with van der Waals surface area (Å²) in [5.74, 6) is 5.90. The number of pyridine rings is 1. The first-order valence-electron chi connectivity index (χ1n) is 11.5. The highest BCUT2D eigenvalue weighted by Crippen LogP contribution is 2.34. The molecule has 33 heavy (non-hydrogen) atoms. The van der Waals surface area contributed by atoms with Gasteiger partial charge in [0.15, 0.2) is 11.6 Å². The Balaban J connectivity index is 1.30. The molecule has 3 aromatic rings. The summed E-state index contributed by atoms with van der Waals surface area (Å²) in [6.07, 6.45) is 8.51. The van der Waals surface area contributed by atoms with E-state index in [0.717, 1.165) is 37.1 Å². The molecule has 2 aliphatic rings. The number of aromatic nitrogens is 3. The van der Waals surface area contributed by atoms with Gasteiger partial charge in [-0.15, -0.1) is 0 Å². The number of piperidine rings is 1. The minimum Gasteiger partial charge on any atom is -0.485 e. The zero-order valence-electron chi connectivity index (χ0n) is 19.2. The predicted molar refractivity (Wildman–Crippen MR) is 123 cm³/mol. The number of nitrogens with one attached hydrogen (secondary N) is 1. The molecule has 0 spiro atoms. The maximum atomic E-state index is 14.4. The summed E-state index contributed by atoms with van der Waals surface area (Å²) < 4.78 is 29.8. The van der Waals surface area contributed by atoms with E-state index in [-0.39, 0.29) is 18.5 Å². The molecule has 170 valence electrons. The summed E-state index contributed by atoms with van der Waals surface area (Å²) in [6.45, 7) is 1.42. The second-order valence-electron chi connectivity index (χ2n) is 8.59. The molecule has 2 fully saturated rings. The van der Waals surface area contributed by atoms with Crippen LogP contribution in [-0.2, 0) is 6.61 Å². The van der Waals surface area contributed by atoms with Gasteiger partial charge in [-0.05, 0) is 63.0 Å². The van der Waals surface area contributed by atoms with Crippen molar-refractivity contribution in [3.63, 3.8) is 0 Å². The number of nitrogens with zero attached hydrogens (tertiary/aromatic N) is 3. The lowest BCUT2D eigenvalue weighted by Crippen LogP contribution is -2.29. The van der Waals surface area contributed by atoms with Crippen LogP contribution in [0.2, 0.25) is 1.41 Å². The molecule has 3 heterocycles. The van der Waals surface area contributed by atoms with E-state index in [1.54, 1.807) is 35.9 Å². The molecule has 8 heteroatoms. The third kappa shape index (κ3) is 5.00. The van der Waals surface area contributed by atoms with Crippen molar-refractivity contribution in [1.29, 1.82) is 0 Å². The van der Waals surface area contributed by atoms with Gasteiger partial charge < -0.3 is 20.9 Å². The summed E-state index contributed by atoms with van der Waals surface area (Å²) in [7, 11) is 0. The fourth-order valence-corrected chi connectivity index (χ4v) is 3.77. The van der Waals surface area contributed by atoms with E-state index in [2.05, 4.69) is 21.9 Å². The molecule has 5 rings (SSSR count). The third-order valence-corrected chi connectivity index (χ3v) is 6.02. The molecule has 0 radical (unpaired) electrons. The summed E-state index contributed by atoms with van der Waals surface area (Å²) in [4.78, 5) is 4.24. The van der Waals surface area contributed by atoms with Crippen molar-refractivity contribution in [1.82, 2.24) is 20.1 Å². The van der Waals surface area contributed by atoms with Crippen molar-refractivity contribution in [3.8, 4) is 28.7 Å². The standard InChI is InChI=1S/C25H26FN5O2/c26-22-2-1-17(3-6-25(32)7-8-25)11-19(22)16-33-23-12-18(13-29-24(23)27)20-14-30-31(15-20)21-4-9-28-10-5-21/h1-2,11-15,21,28,32H,4-5,7-10,16H2,(H2,27,29)/i/hD. The van der Waals surface area contributed by atoms with E-state index in [0.29, 0.717) is 29.7 Å².